The summed E-state index contributed by atoms with van der Waals surface area (Å²) in [6, 6.07) is 1.00. The predicted molar refractivity (Wildman–Crippen MR) is 80.3 cm³/mol. The van der Waals surface area contributed by atoms with E-state index in [2.05, 4.69) is 15.5 Å². The van der Waals surface area contributed by atoms with E-state index in [0.717, 1.165) is 18.4 Å². The lowest BCUT2D eigenvalue weighted by Gasteiger charge is -2.13. The number of amides is 1. The van der Waals surface area contributed by atoms with Gasteiger partial charge in [-0.1, -0.05) is 19.8 Å². The molecule has 1 atom stereocenters. The fourth-order valence-corrected chi connectivity index (χ4v) is 2.63. The van der Waals surface area contributed by atoms with E-state index in [-0.39, 0.29) is 0 Å². The maximum atomic E-state index is 12.3. The van der Waals surface area contributed by atoms with E-state index in [4.69, 9.17) is 5.11 Å². The molecule has 0 bridgehead atoms. The Hall–Kier alpha value is -2.15. The summed E-state index contributed by atoms with van der Waals surface area (Å²) in [5, 5.41) is 22.2. The SMILES string of the molecule is CCCC[C@H](NC(=O)c1cn[nH]c1-c1ccsc1)C(=O)O. The van der Waals surface area contributed by atoms with Crippen molar-refractivity contribution in [2.75, 3.05) is 0 Å². The van der Waals surface area contributed by atoms with Gasteiger partial charge in [-0.3, -0.25) is 9.89 Å². The maximum Gasteiger partial charge on any atom is 0.326 e. The van der Waals surface area contributed by atoms with Crippen LogP contribution in [0.25, 0.3) is 11.3 Å². The van der Waals surface area contributed by atoms with Crippen molar-refractivity contribution in [2.45, 2.75) is 32.2 Å². The van der Waals surface area contributed by atoms with Crippen LogP contribution in [0.3, 0.4) is 0 Å². The number of thiophene rings is 1. The van der Waals surface area contributed by atoms with Gasteiger partial charge in [-0.15, -0.1) is 0 Å². The Labute approximate surface area is 126 Å². The second-order valence-electron chi connectivity index (χ2n) is 4.68. The van der Waals surface area contributed by atoms with Crippen LogP contribution in [0, 0.1) is 0 Å². The van der Waals surface area contributed by atoms with Gasteiger partial charge in [-0.2, -0.15) is 16.4 Å². The Bertz CT molecular complexity index is 607. The zero-order chi connectivity index (χ0) is 15.2. The molecule has 3 N–H and O–H groups in total. The van der Waals surface area contributed by atoms with E-state index < -0.39 is 17.9 Å². The van der Waals surface area contributed by atoms with E-state index in [1.807, 2.05) is 23.8 Å². The van der Waals surface area contributed by atoms with Crippen LogP contribution in [-0.2, 0) is 4.79 Å². The minimum Gasteiger partial charge on any atom is -0.480 e. The van der Waals surface area contributed by atoms with Crippen LogP contribution in [0.1, 0.15) is 36.5 Å². The minimum absolute atomic E-state index is 0.358. The van der Waals surface area contributed by atoms with Gasteiger partial charge in [0.1, 0.15) is 6.04 Å². The number of nitrogens with one attached hydrogen (secondary N) is 2. The topological polar surface area (TPSA) is 95.1 Å². The largest absolute Gasteiger partial charge is 0.480 e. The van der Waals surface area contributed by atoms with Crippen molar-refractivity contribution in [3.8, 4) is 11.3 Å². The highest BCUT2D eigenvalue weighted by Gasteiger charge is 2.22. The average molecular weight is 307 g/mol. The lowest BCUT2D eigenvalue weighted by molar-refractivity contribution is -0.139. The number of carboxylic acid groups (broad SMARTS) is 1. The zero-order valence-electron chi connectivity index (χ0n) is 11.6. The molecule has 0 aliphatic heterocycles. The first-order chi connectivity index (χ1) is 10.1. The number of aromatic amines is 1. The number of rotatable bonds is 7. The number of hydrogen-bond acceptors (Lipinski definition) is 4. The highest BCUT2D eigenvalue weighted by Crippen LogP contribution is 2.23. The molecule has 7 heteroatoms. The number of unbranched alkanes of at least 4 members (excludes halogenated alkanes) is 1. The first kappa shape index (κ1) is 15.2. The molecule has 2 heterocycles. The fraction of sp³-hybridized carbons (Fsp3) is 0.357. The first-order valence-electron chi connectivity index (χ1n) is 6.73. The molecule has 0 aromatic carbocycles. The smallest absolute Gasteiger partial charge is 0.326 e. The van der Waals surface area contributed by atoms with Crippen molar-refractivity contribution in [1.82, 2.24) is 15.5 Å². The van der Waals surface area contributed by atoms with Crippen LogP contribution < -0.4 is 5.32 Å². The van der Waals surface area contributed by atoms with Crippen molar-refractivity contribution in [3.05, 3.63) is 28.6 Å². The monoisotopic (exact) mass is 307 g/mol. The summed E-state index contributed by atoms with van der Waals surface area (Å²) in [6.45, 7) is 1.98. The molecule has 112 valence electrons. The molecule has 0 spiro atoms. The molecule has 2 rings (SSSR count). The number of hydrogen-bond donors (Lipinski definition) is 3. The Kier molecular flexibility index (Phi) is 5.10. The third-order valence-corrected chi connectivity index (χ3v) is 3.83. The van der Waals surface area contributed by atoms with E-state index >= 15 is 0 Å². The second kappa shape index (κ2) is 7.03. The van der Waals surface area contributed by atoms with Gasteiger partial charge < -0.3 is 10.4 Å². The molecule has 0 saturated heterocycles. The summed E-state index contributed by atoms with van der Waals surface area (Å²) >= 11 is 1.51. The molecule has 1 amide bonds. The van der Waals surface area contributed by atoms with Gasteiger partial charge in [0.15, 0.2) is 0 Å². The van der Waals surface area contributed by atoms with E-state index in [9.17, 15) is 9.59 Å². The highest BCUT2D eigenvalue weighted by molar-refractivity contribution is 7.08. The number of carboxylic acids is 1. The number of carbonyl (C=O) groups excluding carboxylic acids is 1. The summed E-state index contributed by atoms with van der Waals surface area (Å²) < 4.78 is 0. The predicted octanol–water partition coefficient (Wildman–Crippen LogP) is 2.51. The number of nitrogens with zero attached hydrogens (tertiary/aromatic N) is 1. The van der Waals surface area contributed by atoms with Crippen LogP contribution in [0.2, 0.25) is 0 Å². The third-order valence-electron chi connectivity index (χ3n) is 3.14. The molecule has 6 nitrogen and oxygen atoms in total. The summed E-state index contributed by atoms with van der Waals surface area (Å²) in [5.74, 6) is -1.44. The van der Waals surface area contributed by atoms with Crippen LogP contribution in [0.15, 0.2) is 23.0 Å². The Morgan fingerprint density at radius 1 is 1.52 bits per heavy atom. The van der Waals surface area contributed by atoms with Crippen molar-refractivity contribution < 1.29 is 14.7 Å². The summed E-state index contributed by atoms with van der Waals surface area (Å²) in [6.07, 6.45) is 3.47. The highest BCUT2D eigenvalue weighted by atomic mass is 32.1. The number of carbonyl (C=O) groups is 2. The molecule has 0 saturated carbocycles. The molecular formula is C14H17N3O3S. The number of aliphatic carboxylic acids is 1. The van der Waals surface area contributed by atoms with Crippen molar-refractivity contribution >= 4 is 23.2 Å². The van der Waals surface area contributed by atoms with Crippen molar-refractivity contribution in [1.29, 1.82) is 0 Å². The van der Waals surface area contributed by atoms with Crippen LogP contribution >= 0.6 is 11.3 Å². The molecular weight excluding hydrogens is 290 g/mol. The molecule has 0 unspecified atom stereocenters. The second-order valence-corrected chi connectivity index (χ2v) is 5.46. The van der Waals surface area contributed by atoms with Gasteiger partial charge in [-0.25, -0.2) is 4.79 Å². The Morgan fingerprint density at radius 2 is 2.33 bits per heavy atom. The molecule has 0 radical (unpaired) electrons. The Morgan fingerprint density at radius 3 is 2.95 bits per heavy atom. The standard InChI is InChI=1S/C14H17N3O3S/c1-2-3-4-11(14(19)20)16-13(18)10-7-15-17-12(10)9-5-6-21-8-9/h5-8,11H,2-4H2,1H3,(H,15,17)(H,16,18)(H,19,20)/t11-/m0/s1. The number of H-pyrrole nitrogens is 1. The summed E-state index contributed by atoms with van der Waals surface area (Å²) in [4.78, 5) is 23.5. The maximum absolute atomic E-state index is 12.3. The van der Waals surface area contributed by atoms with E-state index in [1.54, 1.807) is 0 Å². The molecule has 0 aliphatic carbocycles. The van der Waals surface area contributed by atoms with E-state index in [1.165, 1.54) is 17.5 Å². The normalized spacial score (nSPS) is 12.0. The quantitative estimate of drug-likeness (QED) is 0.732. The van der Waals surface area contributed by atoms with Gasteiger partial charge in [0.05, 0.1) is 17.5 Å². The molecule has 2 aromatic rings. The molecule has 2 aromatic heterocycles. The molecule has 0 fully saturated rings. The van der Waals surface area contributed by atoms with Gasteiger partial charge >= 0.3 is 5.97 Å². The van der Waals surface area contributed by atoms with Crippen molar-refractivity contribution in [3.63, 3.8) is 0 Å². The summed E-state index contributed by atoms with van der Waals surface area (Å²) in [5.41, 5.74) is 1.83. The van der Waals surface area contributed by atoms with Gasteiger partial charge in [0.25, 0.3) is 5.91 Å². The fourth-order valence-electron chi connectivity index (χ4n) is 1.99. The first-order valence-corrected chi connectivity index (χ1v) is 7.67. The average Bonchev–Trinajstić information content (AvgIpc) is 3.11. The lowest BCUT2D eigenvalue weighted by Crippen LogP contribution is -2.40. The molecule has 0 aliphatic rings. The summed E-state index contributed by atoms with van der Waals surface area (Å²) in [7, 11) is 0. The lowest BCUT2D eigenvalue weighted by atomic mass is 10.1. The minimum atomic E-state index is -1.02. The van der Waals surface area contributed by atoms with Gasteiger partial charge in [0.2, 0.25) is 0 Å². The number of aromatic nitrogens is 2. The molecule has 21 heavy (non-hydrogen) atoms. The Balaban J connectivity index is 2.13. The third kappa shape index (κ3) is 3.69. The van der Waals surface area contributed by atoms with Gasteiger partial charge in [0, 0.05) is 10.9 Å². The van der Waals surface area contributed by atoms with Gasteiger partial charge in [-0.05, 0) is 17.9 Å². The van der Waals surface area contributed by atoms with Crippen molar-refractivity contribution in [2.24, 2.45) is 0 Å². The van der Waals surface area contributed by atoms with Crippen LogP contribution in [0.5, 0.6) is 0 Å². The van der Waals surface area contributed by atoms with Crippen LogP contribution in [0.4, 0.5) is 0 Å². The van der Waals surface area contributed by atoms with E-state index in [0.29, 0.717) is 17.7 Å². The zero-order valence-corrected chi connectivity index (χ0v) is 12.4. The van der Waals surface area contributed by atoms with Crippen LogP contribution in [-0.4, -0.2) is 33.2 Å².